The van der Waals surface area contributed by atoms with Gasteiger partial charge in [-0.05, 0) is 36.6 Å². The number of anilines is 1. The van der Waals surface area contributed by atoms with Crippen LogP contribution in [0.15, 0.2) is 36.4 Å². The van der Waals surface area contributed by atoms with Gasteiger partial charge in [-0.1, -0.05) is 35.9 Å². The minimum Gasteiger partial charge on any atom is -0.377 e. The fourth-order valence-electron chi connectivity index (χ4n) is 2.68. The molecule has 0 saturated carbocycles. The van der Waals surface area contributed by atoms with Gasteiger partial charge in [0.05, 0.1) is 17.4 Å². The normalized spacial score (nSPS) is 21.2. The molecule has 1 aliphatic carbocycles. The van der Waals surface area contributed by atoms with E-state index in [1.807, 2.05) is 19.1 Å². The predicted octanol–water partition coefficient (Wildman–Crippen LogP) is 3.60. The highest BCUT2D eigenvalue weighted by molar-refractivity contribution is 6.29. The second-order valence-corrected chi connectivity index (χ2v) is 5.32. The fourth-order valence-corrected chi connectivity index (χ4v) is 2.87. The molecular weight excluding hydrogens is 258 g/mol. The Bertz CT molecular complexity index is 612. The number of rotatable bonds is 2. The highest BCUT2D eigenvalue weighted by Crippen LogP contribution is 2.39. The van der Waals surface area contributed by atoms with Crippen molar-refractivity contribution in [1.29, 1.82) is 0 Å². The number of nitrogens with two attached hydrogens (primary N) is 1. The van der Waals surface area contributed by atoms with Crippen molar-refractivity contribution < 1.29 is 0 Å². The molecule has 3 rings (SSSR count). The topological polar surface area (TPSA) is 50.9 Å². The molecule has 0 amide bonds. The van der Waals surface area contributed by atoms with Gasteiger partial charge >= 0.3 is 0 Å². The summed E-state index contributed by atoms with van der Waals surface area (Å²) in [4.78, 5) is 4.26. The zero-order chi connectivity index (χ0) is 13.4. The van der Waals surface area contributed by atoms with Crippen molar-refractivity contribution in [2.75, 3.05) is 5.32 Å². The Kier molecular flexibility index (Phi) is 3.17. The summed E-state index contributed by atoms with van der Waals surface area (Å²) in [5, 5.41) is 4.04. The van der Waals surface area contributed by atoms with Gasteiger partial charge in [0.1, 0.15) is 5.15 Å². The van der Waals surface area contributed by atoms with Gasteiger partial charge in [0, 0.05) is 6.04 Å². The molecule has 3 nitrogen and oxygen atoms in total. The number of halogens is 1. The number of benzene rings is 1. The molecule has 0 saturated heterocycles. The quantitative estimate of drug-likeness (QED) is 0.822. The lowest BCUT2D eigenvalue weighted by Crippen LogP contribution is -2.11. The number of nitrogens with one attached hydrogen (secondary N) is 1. The van der Waals surface area contributed by atoms with Crippen LogP contribution >= 0.6 is 11.6 Å². The Hall–Kier alpha value is -1.58. The van der Waals surface area contributed by atoms with Gasteiger partial charge in [-0.25, -0.2) is 4.98 Å². The molecule has 1 aromatic heterocycles. The third-order valence-electron chi connectivity index (χ3n) is 3.64. The van der Waals surface area contributed by atoms with Gasteiger partial charge < -0.3 is 11.1 Å². The molecule has 2 atom stereocenters. The molecular formula is C15H16ClN3. The summed E-state index contributed by atoms with van der Waals surface area (Å²) in [6.45, 7) is 1.95. The summed E-state index contributed by atoms with van der Waals surface area (Å²) < 4.78 is 0. The van der Waals surface area contributed by atoms with Crippen LogP contribution < -0.4 is 11.1 Å². The first-order valence-electron chi connectivity index (χ1n) is 6.39. The van der Waals surface area contributed by atoms with E-state index in [1.54, 1.807) is 6.07 Å². The van der Waals surface area contributed by atoms with Crippen LogP contribution in [-0.4, -0.2) is 4.98 Å². The first kappa shape index (κ1) is 12.5. The first-order valence-corrected chi connectivity index (χ1v) is 6.77. The molecule has 0 bridgehead atoms. The van der Waals surface area contributed by atoms with E-state index in [0.29, 0.717) is 5.15 Å². The minimum absolute atomic E-state index is 0.106. The zero-order valence-electron chi connectivity index (χ0n) is 10.7. The van der Waals surface area contributed by atoms with E-state index in [-0.39, 0.29) is 12.1 Å². The molecule has 98 valence electrons. The number of aryl methyl sites for hydroxylation is 1. The van der Waals surface area contributed by atoms with Gasteiger partial charge in [-0.2, -0.15) is 0 Å². The number of hydrogen-bond acceptors (Lipinski definition) is 3. The zero-order valence-corrected chi connectivity index (χ0v) is 11.5. The number of nitrogens with zero attached hydrogens (tertiary/aromatic N) is 1. The van der Waals surface area contributed by atoms with E-state index >= 15 is 0 Å². The summed E-state index contributed by atoms with van der Waals surface area (Å²) in [5.74, 6) is 0. The van der Waals surface area contributed by atoms with E-state index in [1.165, 1.54) is 11.1 Å². The lowest BCUT2D eigenvalue weighted by Gasteiger charge is -2.17. The maximum Gasteiger partial charge on any atom is 0.129 e. The summed E-state index contributed by atoms with van der Waals surface area (Å²) in [5.41, 5.74) is 10.6. The van der Waals surface area contributed by atoms with Crippen LogP contribution in [0.4, 0.5) is 5.69 Å². The molecule has 2 unspecified atom stereocenters. The highest BCUT2D eigenvalue weighted by Gasteiger charge is 2.28. The van der Waals surface area contributed by atoms with E-state index in [0.717, 1.165) is 17.8 Å². The Morgan fingerprint density at radius 2 is 1.95 bits per heavy atom. The maximum absolute atomic E-state index is 6.18. The maximum atomic E-state index is 6.18. The van der Waals surface area contributed by atoms with Crippen molar-refractivity contribution in [2.45, 2.75) is 25.4 Å². The number of fused-ring (bicyclic) bond motifs is 1. The largest absolute Gasteiger partial charge is 0.377 e. The fraction of sp³-hybridized carbons (Fsp3) is 0.267. The summed E-state index contributed by atoms with van der Waals surface area (Å²) in [6, 6.07) is 12.5. The second kappa shape index (κ2) is 4.83. The Balaban J connectivity index is 1.89. The monoisotopic (exact) mass is 273 g/mol. The van der Waals surface area contributed by atoms with Crippen molar-refractivity contribution in [3.05, 3.63) is 58.4 Å². The predicted molar refractivity (Wildman–Crippen MR) is 78.3 cm³/mol. The van der Waals surface area contributed by atoms with Gasteiger partial charge in [-0.15, -0.1) is 0 Å². The van der Waals surface area contributed by atoms with Gasteiger partial charge in [-0.3, -0.25) is 0 Å². The van der Waals surface area contributed by atoms with Gasteiger partial charge in [0.2, 0.25) is 0 Å². The molecule has 0 fully saturated rings. The molecule has 3 N–H and O–H groups in total. The van der Waals surface area contributed by atoms with Crippen molar-refractivity contribution in [1.82, 2.24) is 4.98 Å². The third kappa shape index (κ3) is 2.31. The van der Waals surface area contributed by atoms with Crippen LogP contribution in [0, 0.1) is 6.92 Å². The van der Waals surface area contributed by atoms with Crippen LogP contribution in [-0.2, 0) is 0 Å². The Morgan fingerprint density at radius 1 is 1.21 bits per heavy atom. The standard InChI is InChI=1S/C15H16ClN3/c1-9-13(6-7-15(16)18-9)19-14-8-12(17)10-4-2-3-5-11(10)14/h2-7,12,14,19H,8,17H2,1H3. The lowest BCUT2D eigenvalue weighted by atomic mass is 10.1. The van der Waals surface area contributed by atoms with E-state index in [2.05, 4.69) is 28.5 Å². The van der Waals surface area contributed by atoms with Crippen LogP contribution in [0.3, 0.4) is 0 Å². The summed E-state index contributed by atoms with van der Waals surface area (Å²) >= 11 is 5.88. The molecule has 4 heteroatoms. The smallest absolute Gasteiger partial charge is 0.129 e. The molecule has 1 aromatic carbocycles. The van der Waals surface area contributed by atoms with Crippen molar-refractivity contribution in [2.24, 2.45) is 5.73 Å². The van der Waals surface area contributed by atoms with Crippen LogP contribution in [0.2, 0.25) is 5.15 Å². The van der Waals surface area contributed by atoms with Crippen molar-refractivity contribution in [3.63, 3.8) is 0 Å². The van der Waals surface area contributed by atoms with Crippen LogP contribution in [0.5, 0.6) is 0 Å². The number of hydrogen-bond donors (Lipinski definition) is 2. The third-order valence-corrected chi connectivity index (χ3v) is 3.85. The summed E-state index contributed by atoms with van der Waals surface area (Å²) in [7, 11) is 0. The molecule has 1 aliphatic rings. The number of pyridine rings is 1. The molecule has 1 heterocycles. The number of aromatic nitrogens is 1. The van der Waals surface area contributed by atoms with E-state index < -0.39 is 0 Å². The molecule has 19 heavy (non-hydrogen) atoms. The Morgan fingerprint density at radius 3 is 2.68 bits per heavy atom. The molecule has 0 spiro atoms. The van der Waals surface area contributed by atoms with E-state index in [4.69, 9.17) is 17.3 Å². The average molecular weight is 274 g/mol. The molecule has 0 aliphatic heterocycles. The molecule has 2 aromatic rings. The summed E-state index contributed by atoms with van der Waals surface area (Å²) in [6.07, 6.45) is 0.904. The SMILES string of the molecule is Cc1nc(Cl)ccc1NC1CC(N)c2ccccc21. The second-order valence-electron chi connectivity index (χ2n) is 4.93. The Labute approximate surface area is 117 Å². The highest BCUT2D eigenvalue weighted by atomic mass is 35.5. The van der Waals surface area contributed by atoms with Gasteiger partial charge in [0.25, 0.3) is 0 Å². The first-order chi connectivity index (χ1) is 9.15. The molecule has 0 radical (unpaired) electrons. The lowest BCUT2D eigenvalue weighted by molar-refractivity contribution is 0.648. The van der Waals surface area contributed by atoms with Crippen LogP contribution in [0.25, 0.3) is 0 Å². The van der Waals surface area contributed by atoms with Gasteiger partial charge in [0.15, 0.2) is 0 Å². The minimum atomic E-state index is 0.106. The van der Waals surface area contributed by atoms with Crippen molar-refractivity contribution >= 4 is 17.3 Å². The van der Waals surface area contributed by atoms with Crippen molar-refractivity contribution in [3.8, 4) is 0 Å². The van der Waals surface area contributed by atoms with Crippen LogP contribution in [0.1, 0.15) is 35.3 Å². The van der Waals surface area contributed by atoms with E-state index in [9.17, 15) is 0 Å². The average Bonchev–Trinajstić information content (AvgIpc) is 2.71.